The number of aryl methyl sites for hydroxylation is 2. The van der Waals surface area contributed by atoms with Crippen molar-refractivity contribution in [3.05, 3.63) is 45.4 Å². The summed E-state index contributed by atoms with van der Waals surface area (Å²) in [6.07, 6.45) is 0.920. The van der Waals surface area contributed by atoms with E-state index in [1.54, 1.807) is 11.3 Å². The van der Waals surface area contributed by atoms with E-state index in [0.717, 1.165) is 24.4 Å². The average molecular weight is 276 g/mol. The number of nitrogens with one attached hydrogen (secondary N) is 1. The molecule has 0 fully saturated rings. The smallest absolute Gasteiger partial charge is 0.123 e. The van der Waals surface area contributed by atoms with Gasteiger partial charge in [-0.15, -0.1) is 11.3 Å². The lowest BCUT2D eigenvalue weighted by molar-refractivity contribution is 0.318. The van der Waals surface area contributed by atoms with E-state index in [2.05, 4.69) is 35.4 Å². The van der Waals surface area contributed by atoms with E-state index in [0.29, 0.717) is 6.61 Å². The fourth-order valence-corrected chi connectivity index (χ4v) is 2.76. The molecule has 0 aliphatic rings. The van der Waals surface area contributed by atoms with Crippen LogP contribution in [0.5, 0.6) is 5.75 Å². The van der Waals surface area contributed by atoms with E-state index >= 15 is 0 Å². The summed E-state index contributed by atoms with van der Waals surface area (Å²) in [5.74, 6) is 0.974. The second kappa shape index (κ2) is 6.68. The number of rotatable bonds is 6. The molecule has 0 spiro atoms. The monoisotopic (exact) mass is 276 g/mol. The van der Waals surface area contributed by atoms with Crippen molar-refractivity contribution in [2.75, 3.05) is 13.7 Å². The Bertz CT molecular complexity index is 537. The lowest BCUT2D eigenvalue weighted by Crippen LogP contribution is -2.09. The molecule has 0 radical (unpaired) electrons. The van der Waals surface area contributed by atoms with Gasteiger partial charge in [-0.3, -0.25) is 0 Å². The van der Waals surface area contributed by atoms with Crippen LogP contribution in [-0.2, 0) is 13.0 Å². The van der Waals surface area contributed by atoms with Gasteiger partial charge in [0.25, 0.3) is 0 Å². The van der Waals surface area contributed by atoms with Gasteiger partial charge in [-0.25, -0.2) is 4.98 Å². The van der Waals surface area contributed by atoms with Gasteiger partial charge < -0.3 is 10.1 Å². The molecule has 0 unspecified atom stereocenters. The largest absolute Gasteiger partial charge is 0.493 e. The molecule has 1 aromatic carbocycles. The molecular formula is C15H20N2OS. The molecule has 0 aliphatic heterocycles. The summed E-state index contributed by atoms with van der Waals surface area (Å²) < 4.78 is 5.91. The minimum Gasteiger partial charge on any atom is -0.493 e. The second-order valence-corrected chi connectivity index (χ2v) is 5.54. The maximum absolute atomic E-state index is 5.91. The molecule has 102 valence electrons. The van der Waals surface area contributed by atoms with Crippen molar-refractivity contribution in [1.29, 1.82) is 0 Å². The molecule has 19 heavy (non-hydrogen) atoms. The Balaban J connectivity index is 1.97. The van der Waals surface area contributed by atoms with Gasteiger partial charge in [0.1, 0.15) is 5.75 Å². The highest BCUT2D eigenvalue weighted by molar-refractivity contribution is 7.09. The zero-order valence-electron chi connectivity index (χ0n) is 11.7. The van der Waals surface area contributed by atoms with Gasteiger partial charge >= 0.3 is 0 Å². The zero-order valence-corrected chi connectivity index (χ0v) is 12.5. The topological polar surface area (TPSA) is 34.1 Å². The van der Waals surface area contributed by atoms with Crippen LogP contribution >= 0.6 is 11.3 Å². The average Bonchev–Trinajstić information content (AvgIpc) is 2.78. The fourth-order valence-electron chi connectivity index (χ4n) is 2.00. The minimum absolute atomic E-state index is 0.697. The van der Waals surface area contributed by atoms with Gasteiger partial charge in [0.15, 0.2) is 0 Å². The Hall–Kier alpha value is -1.39. The van der Waals surface area contributed by atoms with E-state index in [1.807, 2.05) is 19.5 Å². The van der Waals surface area contributed by atoms with Crippen molar-refractivity contribution in [2.45, 2.75) is 26.8 Å². The molecule has 2 aromatic rings. The first-order valence-corrected chi connectivity index (χ1v) is 7.34. The SMILES string of the molecule is CNCc1cc(C)ccc1OCCc1scnc1C. The lowest BCUT2D eigenvalue weighted by atomic mass is 10.1. The Labute approximate surface area is 118 Å². The van der Waals surface area contributed by atoms with E-state index < -0.39 is 0 Å². The van der Waals surface area contributed by atoms with Crippen molar-refractivity contribution < 1.29 is 4.74 Å². The Kier molecular flexibility index (Phi) is 4.93. The van der Waals surface area contributed by atoms with Crippen LogP contribution in [0, 0.1) is 13.8 Å². The summed E-state index contributed by atoms with van der Waals surface area (Å²) >= 11 is 1.70. The number of benzene rings is 1. The van der Waals surface area contributed by atoms with Crippen LogP contribution in [0.2, 0.25) is 0 Å². The van der Waals surface area contributed by atoms with Crippen molar-refractivity contribution in [1.82, 2.24) is 10.3 Å². The van der Waals surface area contributed by atoms with Crippen LogP contribution in [0.25, 0.3) is 0 Å². The van der Waals surface area contributed by atoms with E-state index in [9.17, 15) is 0 Å². The number of hydrogen-bond donors (Lipinski definition) is 1. The van der Waals surface area contributed by atoms with Crippen LogP contribution in [0.4, 0.5) is 0 Å². The van der Waals surface area contributed by atoms with Crippen LogP contribution in [0.3, 0.4) is 0 Å². The summed E-state index contributed by atoms with van der Waals surface area (Å²) in [7, 11) is 1.95. The minimum atomic E-state index is 0.697. The molecule has 0 amide bonds. The lowest BCUT2D eigenvalue weighted by Gasteiger charge is -2.12. The molecule has 0 atom stereocenters. The van der Waals surface area contributed by atoms with Gasteiger partial charge in [0, 0.05) is 23.4 Å². The molecular weight excluding hydrogens is 256 g/mol. The highest BCUT2D eigenvalue weighted by Gasteiger charge is 2.05. The molecule has 4 heteroatoms. The summed E-state index contributed by atoms with van der Waals surface area (Å²) in [5, 5.41) is 3.18. The number of hydrogen-bond acceptors (Lipinski definition) is 4. The predicted molar refractivity (Wildman–Crippen MR) is 80.0 cm³/mol. The van der Waals surface area contributed by atoms with Gasteiger partial charge in [-0.05, 0) is 27.0 Å². The molecule has 0 saturated heterocycles. The maximum atomic E-state index is 5.91. The maximum Gasteiger partial charge on any atom is 0.123 e. The first-order valence-electron chi connectivity index (χ1n) is 6.46. The van der Waals surface area contributed by atoms with Gasteiger partial charge in [0.05, 0.1) is 17.8 Å². The molecule has 2 rings (SSSR count). The zero-order chi connectivity index (χ0) is 13.7. The Morgan fingerprint density at radius 1 is 1.32 bits per heavy atom. The highest BCUT2D eigenvalue weighted by atomic mass is 32.1. The van der Waals surface area contributed by atoms with Gasteiger partial charge in [-0.1, -0.05) is 17.7 Å². The molecule has 1 N–H and O–H groups in total. The first-order chi connectivity index (χ1) is 9.20. The Morgan fingerprint density at radius 3 is 2.84 bits per heavy atom. The van der Waals surface area contributed by atoms with Crippen molar-refractivity contribution in [2.24, 2.45) is 0 Å². The quantitative estimate of drug-likeness (QED) is 0.880. The summed E-state index contributed by atoms with van der Waals surface area (Å²) in [5.41, 5.74) is 5.48. The number of nitrogens with zero attached hydrogens (tertiary/aromatic N) is 1. The van der Waals surface area contributed by atoms with Crippen LogP contribution < -0.4 is 10.1 Å². The summed E-state index contributed by atoms with van der Waals surface area (Å²) in [6.45, 7) is 5.67. The molecule has 3 nitrogen and oxygen atoms in total. The standard InChI is InChI=1S/C15H20N2OS/c1-11-4-5-14(13(8-11)9-16-3)18-7-6-15-12(2)17-10-19-15/h4-5,8,10,16H,6-7,9H2,1-3H3. The van der Waals surface area contributed by atoms with Crippen molar-refractivity contribution in [3.63, 3.8) is 0 Å². The van der Waals surface area contributed by atoms with Crippen LogP contribution in [0.1, 0.15) is 21.7 Å². The van der Waals surface area contributed by atoms with E-state index in [1.165, 1.54) is 16.0 Å². The van der Waals surface area contributed by atoms with Crippen LogP contribution in [0.15, 0.2) is 23.7 Å². The summed E-state index contributed by atoms with van der Waals surface area (Å²) in [6, 6.07) is 6.32. The van der Waals surface area contributed by atoms with E-state index in [4.69, 9.17) is 4.74 Å². The van der Waals surface area contributed by atoms with Gasteiger partial charge in [-0.2, -0.15) is 0 Å². The van der Waals surface area contributed by atoms with E-state index in [-0.39, 0.29) is 0 Å². The first kappa shape index (κ1) is 14.0. The fraction of sp³-hybridized carbons (Fsp3) is 0.400. The number of thiazole rings is 1. The normalized spacial score (nSPS) is 10.7. The molecule has 1 heterocycles. The third-order valence-corrected chi connectivity index (χ3v) is 4.01. The molecule has 1 aromatic heterocycles. The van der Waals surface area contributed by atoms with Gasteiger partial charge in [0.2, 0.25) is 0 Å². The summed E-state index contributed by atoms with van der Waals surface area (Å²) in [4.78, 5) is 5.56. The molecule has 0 saturated carbocycles. The number of ether oxygens (including phenoxy) is 1. The van der Waals surface area contributed by atoms with Crippen molar-refractivity contribution in [3.8, 4) is 5.75 Å². The molecule has 0 aliphatic carbocycles. The Morgan fingerprint density at radius 2 is 2.16 bits per heavy atom. The third-order valence-electron chi connectivity index (χ3n) is 3.01. The van der Waals surface area contributed by atoms with Crippen LogP contribution in [-0.4, -0.2) is 18.6 Å². The molecule has 0 bridgehead atoms. The van der Waals surface area contributed by atoms with Crippen molar-refractivity contribution >= 4 is 11.3 Å². The third kappa shape index (κ3) is 3.78. The second-order valence-electron chi connectivity index (χ2n) is 4.60. The predicted octanol–water partition coefficient (Wildman–Crippen LogP) is 3.10. The number of aromatic nitrogens is 1. The highest BCUT2D eigenvalue weighted by Crippen LogP contribution is 2.21.